The van der Waals surface area contributed by atoms with Crippen LogP contribution < -0.4 is 16.2 Å². The van der Waals surface area contributed by atoms with Crippen molar-refractivity contribution in [3.8, 4) is 0 Å². The minimum Gasteiger partial charge on any atom is -0.324 e. The molecular weight excluding hydrogens is 397 g/mol. The molecule has 0 aliphatic heterocycles. The first-order valence-corrected chi connectivity index (χ1v) is 9.33. The fraction of sp³-hybridized carbons (Fsp3) is 0.105. The second-order valence-corrected chi connectivity index (χ2v) is 7.30. The zero-order chi connectivity index (χ0) is 20.5. The van der Waals surface area contributed by atoms with Gasteiger partial charge in [0.15, 0.2) is 5.13 Å². The smallest absolute Gasteiger partial charge is 0.261 e. The third-order valence-electron chi connectivity index (χ3n) is 4.06. The van der Waals surface area contributed by atoms with Gasteiger partial charge in [0.05, 0.1) is 27.4 Å². The topological polar surface area (TPSA) is 106 Å². The van der Waals surface area contributed by atoms with Crippen LogP contribution in [0.4, 0.5) is 15.2 Å². The Morgan fingerprint density at radius 3 is 2.72 bits per heavy atom. The molecule has 4 rings (SSSR count). The molecular formula is C19H14FN5O3S. The number of carbonyl (C=O) groups excluding carboxylic acids is 2. The normalized spacial score (nSPS) is 11.0. The van der Waals surface area contributed by atoms with Crippen LogP contribution in [0.2, 0.25) is 0 Å². The van der Waals surface area contributed by atoms with Crippen LogP contribution in [0.15, 0.2) is 47.5 Å². The lowest BCUT2D eigenvalue weighted by atomic mass is 10.2. The molecule has 2 aromatic heterocycles. The Kier molecular flexibility index (Phi) is 4.77. The number of hydrogen-bond acceptors (Lipinski definition) is 6. The van der Waals surface area contributed by atoms with Gasteiger partial charge in [-0.1, -0.05) is 11.3 Å². The fourth-order valence-electron chi connectivity index (χ4n) is 2.81. The molecule has 146 valence electrons. The number of amides is 2. The number of nitrogens with one attached hydrogen (secondary N) is 2. The van der Waals surface area contributed by atoms with E-state index in [2.05, 4.69) is 20.6 Å². The summed E-state index contributed by atoms with van der Waals surface area (Å²) in [4.78, 5) is 44.4. The van der Waals surface area contributed by atoms with Crippen LogP contribution in [0.25, 0.3) is 21.1 Å². The van der Waals surface area contributed by atoms with E-state index in [1.54, 1.807) is 18.2 Å². The largest absolute Gasteiger partial charge is 0.324 e. The number of benzene rings is 2. The summed E-state index contributed by atoms with van der Waals surface area (Å²) in [5, 5.41) is 5.91. The second kappa shape index (κ2) is 7.40. The molecule has 0 saturated heterocycles. The zero-order valence-corrected chi connectivity index (χ0v) is 15.9. The molecule has 0 radical (unpaired) electrons. The second-order valence-electron chi connectivity index (χ2n) is 6.27. The highest BCUT2D eigenvalue weighted by atomic mass is 32.1. The number of fused-ring (bicyclic) bond motifs is 2. The van der Waals surface area contributed by atoms with Crippen molar-refractivity contribution in [3.05, 3.63) is 58.9 Å². The average molecular weight is 411 g/mol. The SMILES string of the molecule is CC(=O)Nc1nc2ccc(NC(=O)Cn3cnc4ccc(F)cc4c3=O)cc2s1. The van der Waals surface area contributed by atoms with Crippen LogP contribution in [0, 0.1) is 5.82 Å². The maximum atomic E-state index is 13.4. The summed E-state index contributed by atoms with van der Waals surface area (Å²) in [6.45, 7) is 1.13. The fourth-order valence-corrected chi connectivity index (χ4v) is 3.76. The molecule has 10 heteroatoms. The van der Waals surface area contributed by atoms with Crippen LogP contribution in [0.1, 0.15) is 6.92 Å². The van der Waals surface area contributed by atoms with Crippen LogP contribution in [-0.2, 0) is 16.1 Å². The van der Waals surface area contributed by atoms with Gasteiger partial charge >= 0.3 is 0 Å². The standard InChI is InChI=1S/C19H14FN5O3S/c1-10(26)22-19-24-15-5-3-12(7-16(15)29-19)23-17(27)8-25-9-21-14-4-2-11(20)6-13(14)18(25)28/h2-7,9H,8H2,1H3,(H,23,27)(H,22,24,26). The van der Waals surface area contributed by atoms with Crippen molar-refractivity contribution in [1.82, 2.24) is 14.5 Å². The van der Waals surface area contributed by atoms with E-state index in [0.29, 0.717) is 21.9 Å². The number of rotatable bonds is 4. The number of thiazole rings is 1. The van der Waals surface area contributed by atoms with E-state index in [1.165, 1.54) is 36.7 Å². The van der Waals surface area contributed by atoms with Gasteiger partial charge in [-0.25, -0.2) is 14.4 Å². The summed E-state index contributed by atoms with van der Waals surface area (Å²) in [5.74, 6) is -1.20. The van der Waals surface area contributed by atoms with Crippen LogP contribution in [0.5, 0.6) is 0 Å². The lowest BCUT2D eigenvalue weighted by Crippen LogP contribution is -2.27. The molecule has 2 heterocycles. The molecule has 0 bridgehead atoms. The van der Waals surface area contributed by atoms with Gasteiger partial charge in [0.2, 0.25) is 11.8 Å². The van der Waals surface area contributed by atoms with Crippen molar-refractivity contribution in [3.63, 3.8) is 0 Å². The van der Waals surface area contributed by atoms with Crippen LogP contribution in [0.3, 0.4) is 0 Å². The first-order chi connectivity index (χ1) is 13.9. The molecule has 0 aliphatic carbocycles. The van der Waals surface area contributed by atoms with E-state index in [0.717, 1.165) is 15.3 Å². The highest BCUT2D eigenvalue weighted by Crippen LogP contribution is 2.28. The van der Waals surface area contributed by atoms with E-state index in [1.807, 2.05) is 0 Å². The number of aromatic nitrogens is 3. The Balaban J connectivity index is 1.54. The van der Waals surface area contributed by atoms with E-state index in [-0.39, 0.29) is 17.8 Å². The molecule has 2 amide bonds. The van der Waals surface area contributed by atoms with E-state index in [9.17, 15) is 18.8 Å². The van der Waals surface area contributed by atoms with Gasteiger partial charge < -0.3 is 10.6 Å². The average Bonchev–Trinajstić information content (AvgIpc) is 3.05. The van der Waals surface area contributed by atoms with Gasteiger partial charge in [-0.2, -0.15) is 0 Å². The number of carbonyl (C=O) groups is 2. The highest BCUT2D eigenvalue weighted by Gasteiger charge is 2.11. The summed E-state index contributed by atoms with van der Waals surface area (Å²) < 4.78 is 15.3. The van der Waals surface area contributed by atoms with Crippen molar-refractivity contribution in [1.29, 1.82) is 0 Å². The summed E-state index contributed by atoms with van der Waals surface area (Å²) in [7, 11) is 0. The van der Waals surface area contributed by atoms with Crippen molar-refractivity contribution in [2.45, 2.75) is 13.5 Å². The summed E-state index contributed by atoms with van der Waals surface area (Å²) in [6, 6.07) is 8.86. The molecule has 0 unspecified atom stereocenters. The van der Waals surface area contributed by atoms with Gasteiger partial charge in [-0.05, 0) is 36.4 Å². The lowest BCUT2D eigenvalue weighted by Gasteiger charge is -2.08. The van der Waals surface area contributed by atoms with Gasteiger partial charge in [0.25, 0.3) is 5.56 Å². The summed E-state index contributed by atoms with van der Waals surface area (Å²) >= 11 is 1.28. The third kappa shape index (κ3) is 3.97. The monoisotopic (exact) mass is 411 g/mol. The Labute approximate surface area is 167 Å². The van der Waals surface area contributed by atoms with Crippen molar-refractivity contribution in [2.24, 2.45) is 0 Å². The van der Waals surface area contributed by atoms with Gasteiger partial charge in [0.1, 0.15) is 12.4 Å². The first-order valence-electron chi connectivity index (χ1n) is 8.52. The maximum Gasteiger partial charge on any atom is 0.261 e. The van der Waals surface area contributed by atoms with Crippen molar-refractivity contribution in [2.75, 3.05) is 10.6 Å². The van der Waals surface area contributed by atoms with Gasteiger partial charge in [-0.3, -0.25) is 19.0 Å². The number of halogens is 1. The summed E-state index contributed by atoms with van der Waals surface area (Å²) in [5.41, 5.74) is 1.07. The molecule has 29 heavy (non-hydrogen) atoms. The molecule has 0 spiro atoms. The van der Waals surface area contributed by atoms with Gasteiger partial charge in [0, 0.05) is 12.6 Å². The Morgan fingerprint density at radius 2 is 1.93 bits per heavy atom. The maximum absolute atomic E-state index is 13.4. The molecule has 0 atom stereocenters. The molecule has 0 saturated carbocycles. The molecule has 0 aliphatic rings. The quantitative estimate of drug-likeness (QED) is 0.537. The van der Waals surface area contributed by atoms with Crippen LogP contribution >= 0.6 is 11.3 Å². The van der Waals surface area contributed by atoms with E-state index < -0.39 is 17.3 Å². The Bertz CT molecular complexity index is 1330. The van der Waals surface area contributed by atoms with Gasteiger partial charge in [-0.15, -0.1) is 0 Å². The predicted octanol–water partition coefficient (Wildman–Crippen LogP) is 2.74. The van der Waals surface area contributed by atoms with Crippen molar-refractivity contribution >= 4 is 55.1 Å². The number of nitrogens with zero attached hydrogens (tertiary/aromatic N) is 3. The zero-order valence-electron chi connectivity index (χ0n) is 15.1. The molecule has 2 N–H and O–H groups in total. The highest BCUT2D eigenvalue weighted by molar-refractivity contribution is 7.22. The Morgan fingerprint density at radius 1 is 1.14 bits per heavy atom. The lowest BCUT2D eigenvalue weighted by molar-refractivity contribution is -0.117. The van der Waals surface area contributed by atoms with E-state index >= 15 is 0 Å². The minimum absolute atomic E-state index is 0.108. The molecule has 8 nitrogen and oxygen atoms in total. The molecule has 4 aromatic rings. The minimum atomic E-state index is -0.546. The number of anilines is 2. The molecule has 0 fully saturated rings. The van der Waals surface area contributed by atoms with Crippen LogP contribution in [-0.4, -0.2) is 26.3 Å². The Hall–Kier alpha value is -3.66. The number of hydrogen-bond donors (Lipinski definition) is 2. The first kappa shape index (κ1) is 18.7. The third-order valence-corrected chi connectivity index (χ3v) is 4.99. The molecule has 2 aromatic carbocycles. The van der Waals surface area contributed by atoms with E-state index in [4.69, 9.17) is 0 Å². The predicted molar refractivity (Wildman–Crippen MR) is 109 cm³/mol. The summed E-state index contributed by atoms with van der Waals surface area (Å²) in [6.07, 6.45) is 1.26. The van der Waals surface area contributed by atoms with Crippen molar-refractivity contribution < 1.29 is 14.0 Å².